The van der Waals surface area contributed by atoms with Crippen LogP contribution in [-0.4, -0.2) is 43.1 Å². The third-order valence-corrected chi connectivity index (χ3v) is 2.90. The molecule has 1 fully saturated rings. The van der Waals surface area contributed by atoms with Gasteiger partial charge in [-0.2, -0.15) is 13.2 Å². The van der Waals surface area contributed by atoms with Crippen LogP contribution in [0.25, 0.3) is 0 Å². The van der Waals surface area contributed by atoms with Crippen LogP contribution in [0.15, 0.2) is 18.3 Å². The first-order valence-electron chi connectivity index (χ1n) is 6.20. The minimum absolute atomic E-state index is 0.107. The molecule has 2 heterocycles. The second kappa shape index (κ2) is 6.06. The number of anilines is 1. The van der Waals surface area contributed by atoms with Crippen molar-refractivity contribution in [1.29, 1.82) is 0 Å². The van der Waals surface area contributed by atoms with Gasteiger partial charge in [0.25, 0.3) is 0 Å². The molecular weight excluding hydrogens is 291 g/mol. The molecule has 9 heteroatoms. The average Bonchev–Trinajstić information content (AvgIpc) is 2.83. The predicted octanol–water partition coefficient (Wildman–Crippen LogP) is 1.70. The Morgan fingerprint density at radius 1 is 1.52 bits per heavy atom. The van der Waals surface area contributed by atoms with Crippen LogP contribution in [0.1, 0.15) is 6.42 Å². The first-order chi connectivity index (χ1) is 9.83. The molecule has 2 rings (SSSR count). The molecule has 6 nitrogen and oxygen atoms in total. The number of ether oxygens (including phenoxy) is 2. The smallest absolute Gasteiger partial charge is 0.422 e. The Bertz CT molecular complexity index is 510. The lowest BCUT2D eigenvalue weighted by Gasteiger charge is -2.19. The van der Waals surface area contributed by atoms with Crippen molar-refractivity contribution >= 4 is 11.8 Å². The van der Waals surface area contributed by atoms with Crippen molar-refractivity contribution in [3.63, 3.8) is 0 Å². The molecule has 1 aromatic rings. The van der Waals surface area contributed by atoms with Crippen molar-refractivity contribution in [2.24, 2.45) is 5.73 Å². The summed E-state index contributed by atoms with van der Waals surface area (Å²) in [5, 5.41) is 0. The minimum Gasteiger partial charge on any atom is -0.468 e. The van der Waals surface area contributed by atoms with Gasteiger partial charge in [0.15, 0.2) is 6.61 Å². The largest absolute Gasteiger partial charge is 0.468 e. The van der Waals surface area contributed by atoms with E-state index in [4.69, 9.17) is 10.5 Å². The topological polar surface area (TPSA) is 77.7 Å². The van der Waals surface area contributed by atoms with E-state index in [1.54, 1.807) is 6.07 Å². The van der Waals surface area contributed by atoms with Crippen molar-refractivity contribution < 1.29 is 27.4 Å². The molecule has 2 N–H and O–H groups in total. The number of hydrogen-bond donors (Lipinski definition) is 1. The molecule has 1 saturated heterocycles. The number of hydrogen-bond acceptors (Lipinski definition) is 5. The molecule has 0 aromatic carbocycles. The van der Waals surface area contributed by atoms with Crippen molar-refractivity contribution in [1.82, 2.24) is 4.98 Å². The van der Waals surface area contributed by atoms with Crippen molar-refractivity contribution in [3.8, 4) is 5.88 Å². The highest BCUT2D eigenvalue weighted by Gasteiger charge is 2.29. The van der Waals surface area contributed by atoms with Gasteiger partial charge in [-0.3, -0.25) is 0 Å². The molecule has 1 aliphatic rings. The second-order valence-corrected chi connectivity index (χ2v) is 4.55. The molecule has 21 heavy (non-hydrogen) atoms. The first kappa shape index (κ1) is 15.2. The van der Waals surface area contributed by atoms with Gasteiger partial charge in [-0.25, -0.2) is 9.78 Å². The highest BCUT2D eigenvalue weighted by atomic mass is 19.4. The van der Waals surface area contributed by atoms with Crippen LogP contribution < -0.4 is 15.4 Å². The lowest BCUT2D eigenvalue weighted by atomic mass is 10.3. The standard InChI is InChI=1S/C12H14F3N3O3/c13-12(14,15)7-20-10-5-8(1-3-17-10)18-4-2-9(6-18)21-11(16)19/h1,3,5,9H,2,4,6-7H2,(H2,16,19)/t9-/m1/s1. The summed E-state index contributed by atoms with van der Waals surface area (Å²) in [5.74, 6) is -0.107. The summed E-state index contributed by atoms with van der Waals surface area (Å²) >= 11 is 0. The average molecular weight is 305 g/mol. The van der Waals surface area contributed by atoms with E-state index in [0.29, 0.717) is 25.2 Å². The number of aromatic nitrogens is 1. The van der Waals surface area contributed by atoms with Gasteiger partial charge in [0.1, 0.15) is 6.10 Å². The SMILES string of the molecule is NC(=O)O[C@@H]1CCN(c2ccnc(OCC(F)(F)F)c2)C1. The molecule has 0 aliphatic carbocycles. The molecule has 1 amide bonds. The lowest BCUT2D eigenvalue weighted by molar-refractivity contribution is -0.154. The summed E-state index contributed by atoms with van der Waals surface area (Å²) in [4.78, 5) is 16.3. The summed E-state index contributed by atoms with van der Waals surface area (Å²) in [6.07, 6.45) is -3.61. The first-order valence-corrected chi connectivity index (χ1v) is 6.20. The van der Waals surface area contributed by atoms with Crippen LogP contribution in [0.3, 0.4) is 0 Å². The normalized spacial score (nSPS) is 18.6. The van der Waals surface area contributed by atoms with E-state index < -0.39 is 18.9 Å². The quantitative estimate of drug-likeness (QED) is 0.916. The Morgan fingerprint density at radius 3 is 2.95 bits per heavy atom. The number of amides is 1. The predicted molar refractivity (Wildman–Crippen MR) is 67.1 cm³/mol. The molecule has 0 spiro atoms. The van der Waals surface area contributed by atoms with E-state index in [9.17, 15) is 18.0 Å². The molecule has 0 saturated carbocycles. The number of nitrogens with two attached hydrogens (primary N) is 1. The van der Waals surface area contributed by atoms with Gasteiger partial charge in [-0.1, -0.05) is 0 Å². The molecular formula is C12H14F3N3O3. The lowest BCUT2D eigenvalue weighted by Crippen LogP contribution is -2.27. The monoisotopic (exact) mass is 305 g/mol. The van der Waals surface area contributed by atoms with Gasteiger partial charge < -0.3 is 20.1 Å². The van der Waals surface area contributed by atoms with E-state index in [1.165, 1.54) is 12.3 Å². The molecule has 1 aliphatic heterocycles. The summed E-state index contributed by atoms with van der Waals surface area (Å²) in [5.41, 5.74) is 5.60. The molecule has 0 radical (unpaired) electrons. The number of rotatable bonds is 4. The molecule has 1 atom stereocenters. The Kier molecular flexibility index (Phi) is 4.39. The second-order valence-electron chi connectivity index (χ2n) is 4.55. The summed E-state index contributed by atoms with van der Waals surface area (Å²) in [6, 6.07) is 3.06. The van der Waals surface area contributed by atoms with Crippen LogP contribution >= 0.6 is 0 Å². The van der Waals surface area contributed by atoms with Crippen molar-refractivity contribution in [2.45, 2.75) is 18.7 Å². The minimum atomic E-state index is -4.41. The Hall–Kier alpha value is -2.19. The number of nitrogens with zero attached hydrogens (tertiary/aromatic N) is 2. The highest BCUT2D eigenvalue weighted by molar-refractivity contribution is 5.65. The van der Waals surface area contributed by atoms with E-state index >= 15 is 0 Å². The van der Waals surface area contributed by atoms with Gasteiger partial charge in [-0.15, -0.1) is 0 Å². The molecule has 1 aromatic heterocycles. The van der Waals surface area contributed by atoms with Crippen LogP contribution in [0.2, 0.25) is 0 Å². The number of halogens is 3. The maximum Gasteiger partial charge on any atom is 0.422 e. The van der Waals surface area contributed by atoms with Crippen molar-refractivity contribution in [3.05, 3.63) is 18.3 Å². The van der Waals surface area contributed by atoms with E-state index in [-0.39, 0.29) is 12.0 Å². The molecule has 0 unspecified atom stereocenters. The Balaban J connectivity index is 1.96. The van der Waals surface area contributed by atoms with Gasteiger partial charge in [0.2, 0.25) is 5.88 Å². The van der Waals surface area contributed by atoms with Crippen LogP contribution in [0, 0.1) is 0 Å². The number of primary amides is 1. The van der Waals surface area contributed by atoms with Gasteiger partial charge in [-0.05, 0) is 6.07 Å². The number of carbonyl (C=O) groups is 1. The molecule has 116 valence electrons. The maximum atomic E-state index is 12.1. The number of carbonyl (C=O) groups excluding carboxylic acids is 1. The zero-order valence-corrected chi connectivity index (χ0v) is 11.0. The summed E-state index contributed by atoms with van der Waals surface area (Å²) in [7, 11) is 0. The third-order valence-electron chi connectivity index (χ3n) is 2.90. The van der Waals surface area contributed by atoms with Crippen LogP contribution in [0.4, 0.5) is 23.7 Å². The van der Waals surface area contributed by atoms with Crippen LogP contribution in [0.5, 0.6) is 5.88 Å². The Labute approximate surface area is 118 Å². The zero-order valence-electron chi connectivity index (χ0n) is 11.0. The van der Waals surface area contributed by atoms with Gasteiger partial charge in [0.05, 0.1) is 6.54 Å². The Morgan fingerprint density at radius 2 is 2.29 bits per heavy atom. The zero-order chi connectivity index (χ0) is 15.5. The van der Waals surface area contributed by atoms with Crippen LogP contribution in [-0.2, 0) is 4.74 Å². The number of alkyl halides is 3. The highest BCUT2D eigenvalue weighted by Crippen LogP contribution is 2.25. The van der Waals surface area contributed by atoms with E-state index in [1.807, 2.05) is 4.90 Å². The molecule has 0 bridgehead atoms. The fourth-order valence-electron chi connectivity index (χ4n) is 2.05. The van der Waals surface area contributed by atoms with E-state index in [0.717, 1.165) is 0 Å². The summed E-state index contributed by atoms with van der Waals surface area (Å²) < 4.78 is 45.8. The van der Waals surface area contributed by atoms with Gasteiger partial charge in [0, 0.05) is 30.9 Å². The fourth-order valence-corrected chi connectivity index (χ4v) is 2.05. The maximum absolute atomic E-state index is 12.1. The fraction of sp³-hybridized carbons (Fsp3) is 0.500. The number of pyridine rings is 1. The summed E-state index contributed by atoms with van der Waals surface area (Å²) in [6.45, 7) is -0.372. The van der Waals surface area contributed by atoms with Gasteiger partial charge >= 0.3 is 12.3 Å². The van der Waals surface area contributed by atoms with E-state index in [2.05, 4.69) is 9.72 Å². The third kappa shape index (κ3) is 4.69. The van der Waals surface area contributed by atoms with Crippen molar-refractivity contribution in [2.75, 3.05) is 24.6 Å².